The van der Waals surface area contributed by atoms with Gasteiger partial charge >= 0.3 is 5.97 Å². The van der Waals surface area contributed by atoms with Gasteiger partial charge in [0, 0.05) is 17.7 Å². The molecule has 0 amide bonds. The molecule has 0 aliphatic carbocycles. The average Bonchev–Trinajstić information content (AvgIpc) is 3.11. The van der Waals surface area contributed by atoms with Crippen molar-refractivity contribution in [3.63, 3.8) is 0 Å². The highest BCUT2D eigenvalue weighted by Gasteiger charge is 2.14. The Hall–Kier alpha value is -3.66. The van der Waals surface area contributed by atoms with E-state index in [1.54, 1.807) is 43.3 Å². The van der Waals surface area contributed by atoms with E-state index in [0.717, 1.165) is 17.3 Å². The van der Waals surface area contributed by atoms with Crippen LogP contribution < -0.4 is 4.74 Å². The molecule has 1 heterocycles. The number of nitrogens with zero attached hydrogens (tertiary/aromatic N) is 3. The summed E-state index contributed by atoms with van der Waals surface area (Å²) in [5.74, 6) is -0.0388. The summed E-state index contributed by atoms with van der Waals surface area (Å²) in [4.78, 5) is 26.1. The topological polar surface area (TPSA) is 131 Å². The lowest BCUT2D eigenvalue weighted by Crippen LogP contribution is -2.00. The van der Waals surface area contributed by atoms with Crippen molar-refractivity contribution in [2.24, 2.45) is 0 Å². The van der Waals surface area contributed by atoms with Gasteiger partial charge in [0.25, 0.3) is 5.69 Å². The van der Waals surface area contributed by atoms with Gasteiger partial charge in [-0.25, -0.2) is 9.78 Å². The van der Waals surface area contributed by atoms with Gasteiger partial charge in [0.2, 0.25) is 5.16 Å². The van der Waals surface area contributed by atoms with Crippen LogP contribution in [0.4, 0.5) is 5.69 Å². The Morgan fingerprint density at radius 3 is 2.62 bits per heavy atom. The van der Waals surface area contributed by atoms with Crippen LogP contribution in [0, 0.1) is 17.0 Å². The molecule has 29 heavy (non-hydrogen) atoms. The van der Waals surface area contributed by atoms with Gasteiger partial charge in [-0.15, -0.1) is 5.10 Å². The van der Waals surface area contributed by atoms with Gasteiger partial charge in [0.1, 0.15) is 23.1 Å². The van der Waals surface area contributed by atoms with Crippen molar-refractivity contribution < 1.29 is 19.6 Å². The minimum Gasteiger partial charge on any atom is -0.488 e. The summed E-state index contributed by atoms with van der Waals surface area (Å²) in [6.07, 6.45) is 1.49. The summed E-state index contributed by atoms with van der Waals surface area (Å²) in [5, 5.41) is 27.2. The van der Waals surface area contributed by atoms with Gasteiger partial charge in [-0.3, -0.25) is 15.2 Å². The molecule has 1 aromatic heterocycles. The minimum atomic E-state index is -1.11. The van der Waals surface area contributed by atoms with E-state index in [2.05, 4.69) is 15.2 Å². The van der Waals surface area contributed by atoms with E-state index in [-0.39, 0.29) is 17.2 Å². The number of nitrogens with one attached hydrogen (secondary N) is 1. The molecule has 0 bridgehead atoms. The maximum Gasteiger partial charge on any atom is 0.342 e. The molecule has 0 atom stereocenters. The molecule has 0 unspecified atom stereocenters. The van der Waals surface area contributed by atoms with E-state index in [0.29, 0.717) is 22.3 Å². The summed E-state index contributed by atoms with van der Waals surface area (Å²) >= 11 is 0.929. The number of para-hydroxylation sites is 1. The van der Waals surface area contributed by atoms with Gasteiger partial charge in [-0.2, -0.15) is 0 Å². The van der Waals surface area contributed by atoms with E-state index < -0.39 is 10.9 Å². The number of carboxylic acid groups (broad SMARTS) is 1. The van der Waals surface area contributed by atoms with E-state index in [4.69, 9.17) is 4.74 Å². The largest absolute Gasteiger partial charge is 0.488 e. The fourth-order valence-corrected chi connectivity index (χ4v) is 3.09. The first kappa shape index (κ1) is 20.1. The normalized spacial score (nSPS) is 11.3. The van der Waals surface area contributed by atoms with Crippen LogP contribution in [0.25, 0.3) is 6.08 Å². The first-order valence-electron chi connectivity index (χ1n) is 8.39. The average molecular weight is 412 g/mol. The summed E-state index contributed by atoms with van der Waals surface area (Å²) in [5.41, 5.74) is 1.33. The smallest absolute Gasteiger partial charge is 0.342 e. The van der Waals surface area contributed by atoms with Crippen LogP contribution in [-0.4, -0.2) is 31.2 Å². The lowest BCUT2D eigenvalue weighted by Gasteiger charge is -2.10. The van der Waals surface area contributed by atoms with Gasteiger partial charge < -0.3 is 9.84 Å². The summed E-state index contributed by atoms with van der Waals surface area (Å²) in [6, 6.07) is 13.0. The number of carbonyl (C=O) groups is 1. The third-order valence-electron chi connectivity index (χ3n) is 3.74. The standard InChI is InChI=1S/C19H16N4O5S/c1-12-20-19(22-21-12)29-17(18(24)25)10-14-4-2-3-5-16(14)28-11-13-6-8-15(9-7-13)23(26)27/h2-10H,11H2,1H3,(H,24,25)(H,20,21,22)/b17-10-. The fraction of sp³-hybridized carbons (Fsp3) is 0.105. The van der Waals surface area contributed by atoms with Crippen molar-refractivity contribution in [3.8, 4) is 5.75 Å². The predicted octanol–water partition coefficient (Wildman–Crippen LogP) is 3.82. The van der Waals surface area contributed by atoms with Gasteiger partial charge in [0.15, 0.2) is 0 Å². The number of carboxylic acids is 1. The summed E-state index contributed by atoms with van der Waals surface area (Å²) < 4.78 is 5.80. The number of ether oxygens (including phenoxy) is 1. The zero-order valence-electron chi connectivity index (χ0n) is 15.2. The zero-order valence-corrected chi connectivity index (χ0v) is 16.0. The van der Waals surface area contributed by atoms with Crippen LogP contribution in [-0.2, 0) is 11.4 Å². The van der Waals surface area contributed by atoms with Crippen molar-refractivity contribution in [2.75, 3.05) is 0 Å². The number of thioether (sulfide) groups is 1. The Balaban J connectivity index is 1.78. The highest BCUT2D eigenvalue weighted by atomic mass is 32.2. The molecular formula is C19H16N4O5S. The highest BCUT2D eigenvalue weighted by molar-refractivity contribution is 8.04. The Bertz CT molecular complexity index is 1060. The zero-order chi connectivity index (χ0) is 20.8. The van der Waals surface area contributed by atoms with Crippen molar-refractivity contribution >= 4 is 29.5 Å². The molecule has 0 fully saturated rings. The molecule has 0 aliphatic rings. The minimum absolute atomic E-state index is 0.00224. The quantitative estimate of drug-likeness (QED) is 0.247. The molecule has 0 saturated heterocycles. The van der Waals surface area contributed by atoms with Crippen molar-refractivity contribution in [1.82, 2.24) is 15.2 Å². The second-order valence-corrected chi connectivity index (χ2v) is 6.88. The number of aryl methyl sites for hydroxylation is 1. The number of rotatable bonds is 8. The Kier molecular flexibility index (Phi) is 6.25. The van der Waals surface area contributed by atoms with Gasteiger partial charge in [0.05, 0.1) is 4.92 Å². The number of H-pyrrole nitrogens is 1. The summed E-state index contributed by atoms with van der Waals surface area (Å²) in [7, 11) is 0. The van der Waals surface area contributed by atoms with Crippen LogP contribution in [0.1, 0.15) is 17.0 Å². The molecule has 0 saturated carbocycles. The number of nitro groups is 1. The van der Waals surface area contributed by atoms with Crippen LogP contribution in [0.3, 0.4) is 0 Å². The highest BCUT2D eigenvalue weighted by Crippen LogP contribution is 2.29. The molecule has 0 aliphatic heterocycles. The monoisotopic (exact) mass is 412 g/mol. The first-order chi connectivity index (χ1) is 13.9. The SMILES string of the molecule is Cc1nc(S/C(=C\c2ccccc2OCc2ccc([N+](=O)[O-])cc2)C(=O)O)n[nH]1. The third kappa shape index (κ3) is 5.42. The van der Waals surface area contributed by atoms with E-state index >= 15 is 0 Å². The van der Waals surface area contributed by atoms with Crippen LogP contribution in [0.15, 0.2) is 58.6 Å². The number of aromatic nitrogens is 3. The molecule has 9 nitrogen and oxygen atoms in total. The number of non-ortho nitro benzene ring substituents is 1. The molecule has 0 spiro atoms. The number of hydrogen-bond donors (Lipinski definition) is 2. The summed E-state index contributed by atoms with van der Waals surface area (Å²) in [6.45, 7) is 1.90. The van der Waals surface area contributed by atoms with Crippen molar-refractivity contribution in [1.29, 1.82) is 0 Å². The van der Waals surface area contributed by atoms with Gasteiger partial charge in [-0.05, 0) is 48.5 Å². The molecule has 2 N–H and O–H groups in total. The van der Waals surface area contributed by atoms with Crippen LogP contribution in [0.5, 0.6) is 5.75 Å². The molecule has 0 radical (unpaired) electrons. The predicted molar refractivity (Wildman–Crippen MR) is 106 cm³/mol. The van der Waals surface area contributed by atoms with E-state index in [9.17, 15) is 20.0 Å². The van der Waals surface area contributed by atoms with E-state index in [1.165, 1.54) is 18.2 Å². The number of hydrogen-bond acceptors (Lipinski definition) is 7. The van der Waals surface area contributed by atoms with Gasteiger partial charge in [-0.1, -0.05) is 18.2 Å². The Morgan fingerprint density at radius 1 is 1.28 bits per heavy atom. The molecule has 148 valence electrons. The maximum absolute atomic E-state index is 11.6. The molecule has 10 heteroatoms. The van der Waals surface area contributed by atoms with E-state index in [1.807, 2.05) is 0 Å². The van der Waals surface area contributed by atoms with Crippen LogP contribution >= 0.6 is 11.8 Å². The lowest BCUT2D eigenvalue weighted by atomic mass is 10.2. The first-order valence-corrected chi connectivity index (χ1v) is 9.21. The maximum atomic E-state index is 11.6. The number of benzene rings is 2. The lowest BCUT2D eigenvalue weighted by molar-refractivity contribution is -0.384. The van der Waals surface area contributed by atoms with Crippen LogP contribution in [0.2, 0.25) is 0 Å². The van der Waals surface area contributed by atoms with Crippen molar-refractivity contribution in [3.05, 3.63) is 80.5 Å². The molecule has 2 aromatic carbocycles. The second kappa shape index (κ2) is 9.02. The third-order valence-corrected chi connectivity index (χ3v) is 4.61. The van der Waals surface area contributed by atoms with Crippen molar-refractivity contribution in [2.45, 2.75) is 18.7 Å². The second-order valence-electron chi connectivity index (χ2n) is 5.87. The number of aromatic amines is 1. The number of aliphatic carboxylic acids is 1. The Morgan fingerprint density at radius 2 is 2.00 bits per heavy atom. The fourth-order valence-electron chi connectivity index (χ4n) is 2.35. The number of nitro benzene ring substituents is 1. The molecule has 3 aromatic rings. The molecule has 3 rings (SSSR count). The molecular weight excluding hydrogens is 396 g/mol. The Labute approximate surface area is 169 Å².